The first kappa shape index (κ1) is 29.5. The zero-order chi connectivity index (χ0) is 28.7. The van der Waals surface area contributed by atoms with Crippen LogP contribution in [0.4, 0.5) is 18.9 Å². The summed E-state index contributed by atoms with van der Waals surface area (Å²) >= 11 is 1.87. The Morgan fingerprint density at radius 1 is 1.05 bits per heavy atom. The summed E-state index contributed by atoms with van der Waals surface area (Å²) in [5, 5.41) is 15.3. The molecule has 3 aromatic rings. The standard InChI is InChI=1S/C25H21F3IN3O7/c1-4-38-20-7-5-15(11-21(20)36-2)24(33)31-30-13-14-9-17(29)23(22(10-14)37-3)39-19-8-6-16(25(26,27)28)12-18(19)32(34)35/h5-13H,4H2,1-3H3,(H,31,33)/b30-13+. The van der Waals surface area contributed by atoms with Crippen LogP contribution in [0.3, 0.4) is 0 Å². The number of carbonyl (C=O) groups excluding carboxylic acids is 1. The third-order valence-corrected chi connectivity index (χ3v) is 5.85. The van der Waals surface area contributed by atoms with Crippen molar-refractivity contribution in [1.29, 1.82) is 0 Å². The number of nitrogens with zero attached hydrogens (tertiary/aromatic N) is 2. The molecule has 0 atom stereocenters. The highest BCUT2D eigenvalue weighted by Crippen LogP contribution is 2.42. The van der Waals surface area contributed by atoms with Gasteiger partial charge < -0.3 is 18.9 Å². The van der Waals surface area contributed by atoms with Gasteiger partial charge in [-0.15, -0.1) is 0 Å². The smallest absolute Gasteiger partial charge is 0.416 e. The van der Waals surface area contributed by atoms with Gasteiger partial charge in [0.25, 0.3) is 5.91 Å². The molecule has 0 saturated carbocycles. The number of benzene rings is 3. The maximum absolute atomic E-state index is 13.0. The van der Waals surface area contributed by atoms with Gasteiger partial charge in [-0.1, -0.05) is 0 Å². The van der Waals surface area contributed by atoms with E-state index in [4.69, 9.17) is 18.9 Å². The van der Waals surface area contributed by atoms with E-state index in [1.807, 2.05) is 29.5 Å². The fourth-order valence-corrected chi connectivity index (χ4v) is 4.00. The normalized spacial score (nSPS) is 11.3. The summed E-state index contributed by atoms with van der Waals surface area (Å²) in [6.07, 6.45) is -3.43. The van der Waals surface area contributed by atoms with Crippen LogP contribution in [-0.4, -0.2) is 37.9 Å². The first-order valence-corrected chi connectivity index (χ1v) is 12.1. The molecule has 10 nitrogen and oxygen atoms in total. The van der Waals surface area contributed by atoms with Crippen molar-refractivity contribution in [2.75, 3.05) is 20.8 Å². The molecule has 14 heteroatoms. The maximum atomic E-state index is 13.0. The number of hydrogen-bond acceptors (Lipinski definition) is 8. The molecular weight excluding hydrogens is 638 g/mol. The molecule has 0 unspecified atom stereocenters. The molecule has 206 valence electrons. The predicted molar refractivity (Wildman–Crippen MR) is 143 cm³/mol. The van der Waals surface area contributed by atoms with E-state index in [0.717, 1.165) is 6.07 Å². The summed E-state index contributed by atoms with van der Waals surface area (Å²) in [5.74, 6) is 0.138. The first-order valence-electron chi connectivity index (χ1n) is 11.0. The minimum absolute atomic E-state index is 0.0450. The third-order valence-electron chi connectivity index (χ3n) is 5.05. The molecule has 0 fully saturated rings. The van der Waals surface area contributed by atoms with Gasteiger partial charge in [-0.2, -0.15) is 18.3 Å². The van der Waals surface area contributed by atoms with E-state index in [2.05, 4.69) is 10.5 Å². The van der Waals surface area contributed by atoms with Crippen molar-refractivity contribution in [2.24, 2.45) is 5.10 Å². The fourth-order valence-electron chi connectivity index (χ4n) is 3.26. The highest BCUT2D eigenvalue weighted by Gasteiger charge is 2.33. The van der Waals surface area contributed by atoms with Gasteiger partial charge in [-0.25, -0.2) is 5.43 Å². The molecule has 0 aliphatic rings. The van der Waals surface area contributed by atoms with Crippen LogP contribution in [0, 0.1) is 13.7 Å². The van der Waals surface area contributed by atoms with Gasteiger partial charge in [0.05, 0.1) is 41.1 Å². The number of nitrogens with one attached hydrogen (secondary N) is 1. The minimum atomic E-state index is -4.76. The number of alkyl halides is 3. The Morgan fingerprint density at radius 3 is 2.36 bits per heavy atom. The number of ether oxygens (including phenoxy) is 4. The van der Waals surface area contributed by atoms with Crippen LogP contribution in [0.25, 0.3) is 0 Å². The number of halogens is 4. The molecule has 0 saturated heterocycles. The lowest BCUT2D eigenvalue weighted by Gasteiger charge is -2.14. The molecule has 1 amide bonds. The molecule has 0 aliphatic heterocycles. The number of nitro benzene ring substituents is 1. The Morgan fingerprint density at radius 2 is 1.74 bits per heavy atom. The summed E-state index contributed by atoms with van der Waals surface area (Å²) < 4.78 is 61.0. The second-order valence-corrected chi connectivity index (χ2v) is 8.73. The van der Waals surface area contributed by atoms with E-state index < -0.39 is 34.0 Å². The molecule has 0 bridgehead atoms. The Hall–Kier alpha value is -4.08. The molecular formula is C25H21F3IN3O7. The molecule has 3 aromatic carbocycles. The number of hydrazone groups is 1. The second-order valence-electron chi connectivity index (χ2n) is 7.57. The van der Waals surface area contributed by atoms with Crippen LogP contribution in [0.2, 0.25) is 0 Å². The lowest BCUT2D eigenvalue weighted by Crippen LogP contribution is -2.17. The molecule has 0 radical (unpaired) electrons. The Balaban J connectivity index is 1.81. The van der Waals surface area contributed by atoms with Crippen LogP contribution in [0.5, 0.6) is 28.7 Å². The van der Waals surface area contributed by atoms with Crippen molar-refractivity contribution in [3.63, 3.8) is 0 Å². The van der Waals surface area contributed by atoms with Gasteiger partial charge in [0.2, 0.25) is 5.75 Å². The van der Waals surface area contributed by atoms with Gasteiger partial charge in [0, 0.05) is 11.6 Å². The second kappa shape index (κ2) is 12.6. The zero-order valence-electron chi connectivity index (χ0n) is 20.7. The zero-order valence-corrected chi connectivity index (χ0v) is 22.8. The number of methoxy groups -OCH3 is 2. The minimum Gasteiger partial charge on any atom is -0.493 e. The summed E-state index contributed by atoms with van der Waals surface area (Å²) in [6.45, 7) is 2.25. The first-order chi connectivity index (χ1) is 18.5. The van der Waals surface area contributed by atoms with Crippen LogP contribution in [-0.2, 0) is 6.18 Å². The van der Waals surface area contributed by atoms with Crippen molar-refractivity contribution >= 4 is 40.4 Å². The van der Waals surface area contributed by atoms with Crippen LogP contribution in [0.1, 0.15) is 28.4 Å². The molecule has 0 heterocycles. The van der Waals surface area contributed by atoms with E-state index in [1.54, 1.807) is 18.2 Å². The van der Waals surface area contributed by atoms with Crippen molar-refractivity contribution in [1.82, 2.24) is 5.43 Å². The van der Waals surface area contributed by atoms with Crippen molar-refractivity contribution in [3.05, 3.63) is 78.9 Å². The predicted octanol–water partition coefficient (Wildman–Crippen LogP) is 6.19. The van der Waals surface area contributed by atoms with E-state index in [-0.39, 0.29) is 17.1 Å². The monoisotopic (exact) mass is 659 g/mol. The third kappa shape index (κ3) is 7.28. The topological polar surface area (TPSA) is 122 Å². The molecule has 39 heavy (non-hydrogen) atoms. The number of amides is 1. The Bertz CT molecular complexity index is 1410. The largest absolute Gasteiger partial charge is 0.493 e. The highest BCUT2D eigenvalue weighted by molar-refractivity contribution is 14.1. The van der Waals surface area contributed by atoms with Gasteiger partial charge in [-0.3, -0.25) is 14.9 Å². The number of carbonyl (C=O) groups is 1. The quantitative estimate of drug-likeness (QED) is 0.119. The van der Waals surface area contributed by atoms with Gasteiger partial charge >= 0.3 is 11.9 Å². The van der Waals surface area contributed by atoms with Crippen molar-refractivity contribution < 1.29 is 41.8 Å². The van der Waals surface area contributed by atoms with E-state index >= 15 is 0 Å². The average molecular weight is 659 g/mol. The van der Waals surface area contributed by atoms with Gasteiger partial charge in [0.15, 0.2) is 23.0 Å². The summed E-state index contributed by atoms with van der Waals surface area (Å²) in [5.41, 5.74) is 1.10. The highest BCUT2D eigenvalue weighted by atomic mass is 127. The fraction of sp³-hybridized carbons (Fsp3) is 0.200. The van der Waals surface area contributed by atoms with Gasteiger partial charge in [0.1, 0.15) is 0 Å². The Labute approximate surface area is 234 Å². The summed E-state index contributed by atoms with van der Waals surface area (Å²) in [6, 6.07) is 9.67. The number of nitro groups is 1. The Kier molecular flexibility index (Phi) is 9.56. The molecule has 0 aliphatic carbocycles. The van der Waals surface area contributed by atoms with E-state index in [9.17, 15) is 28.1 Å². The van der Waals surface area contributed by atoms with Crippen molar-refractivity contribution in [2.45, 2.75) is 13.1 Å². The summed E-state index contributed by atoms with van der Waals surface area (Å²) in [7, 11) is 2.78. The van der Waals surface area contributed by atoms with Crippen LogP contribution >= 0.6 is 22.6 Å². The van der Waals surface area contributed by atoms with E-state index in [1.165, 1.54) is 32.6 Å². The SMILES string of the molecule is CCOc1ccc(C(=O)N/N=C/c2cc(I)c(Oc3ccc(C(F)(F)F)cc3[N+](=O)[O-])c(OC)c2)cc1OC. The lowest BCUT2D eigenvalue weighted by atomic mass is 10.1. The maximum Gasteiger partial charge on any atom is 0.416 e. The number of rotatable bonds is 10. The van der Waals surface area contributed by atoms with Crippen molar-refractivity contribution in [3.8, 4) is 28.7 Å². The lowest BCUT2D eigenvalue weighted by molar-refractivity contribution is -0.385. The summed E-state index contributed by atoms with van der Waals surface area (Å²) in [4.78, 5) is 22.9. The molecule has 1 N–H and O–H groups in total. The van der Waals surface area contributed by atoms with Gasteiger partial charge in [-0.05, 0) is 77.5 Å². The van der Waals surface area contributed by atoms with E-state index in [0.29, 0.717) is 39.4 Å². The van der Waals surface area contributed by atoms with Crippen LogP contribution < -0.4 is 24.4 Å². The van der Waals surface area contributed by atoms with Crippen LogP contribution in [0.15, 0.2) is 53.6 Å². The number of hydrogen-bond donors (Lipinski definition) is 1. The molecule has 3 rings (SSSR count). The molecule has 0 spiro atoms. The molecule has 0 aromatic heterocycles. The average Bonchev–Trinajstić information content (AvgIpc) is 2.89.